The predicted octanol–water partition coefficient (Wildman–Crippen LogP) is 5.24. The van der Waals surface area contributed by atoms with Crippen molar-refractivity contribution in [1.82, 2.24) is 0 Å². The van der Waals surface area contributed by atoms with E-state index in [2.05, 4.69) is 42.7 Å². The summed E-state index contributed by atoms with van der Waals surface area (Å²) < 4.78 is 5.66. The largest absolute Gasteiger partial charge is 0.484 e. The molecule has 0 heterocycles. The van der Waals surface area contributed by atoms with Gasteiger partial charge in [-0.25, -0.2) is 0 Å². The summed E-state index contributed by atoms with van der Waals surface area (Å²) in [7, 11) is 0. The van der Waals surface area contributed by atoms with Gasteiger partial charge in [-0.15, -0.1) is 0 Å². The van der Waals surface area contributed by atoms with Crippen LogP contribution in [0.4, 0.5) is 11.4 Å². The summed E-state index contributed by atoms with van der Waals surface area (Å²) in [5.41, 5.74) is 6.57. The molecule has 3 aromatic rings. The van der Waals surface area contributed by atoms with E-state index in [0.717, 1.165) is 22.5 Å². The molecule has 4 heteroatoms. The van der Waals surface area contributed by atoms with E-state index in [1.54, 1.807) is 0 Å². The lowest BCUT2D eigenvalue weighted by molar-refractivity contribution is -0.118. The number of anilines is 2. The summed E-state index contributed by atoms with van der Waals surface area (Å²) in [5.74, 6) is 0.503. The van der Waals surface area contributed by atoms with E-state index in [1.165, 1.54) is 11.1 Å². The maximum Gasteiger partial charge on any atom is 0.262 e. The first-order valence-corrected chi connectivity index (χ1v) is 9.39. The number of amides is 1. The number of benzene rings is 3. The molecule has 0 aromatic heterocycles. The number of hydrogen-bond donors (Lipinski definition) is 2. The predicted molar refractivity (Wildman–Crippen MR) is 115 cm³/mol. The van der Waals surface area contributed by atoms with E-state index in [1.807, 2.05) is 55.5 Å². The van der Waals surface area contributed by atoms with Crippen LogP contribution in [0.3, 0.4) is 0 Å². The zero-order valence-electron chi connectivity index (χ0n) is 16.6. The maximum atomic E-state index is 12.1. The molecule has 3 aromatic carbocycles. The van der Waals surface area contributed by atoms with Gasteiger partial charge in [0.15, 0.2) is 6.61 Å². The second kappa shape index (κ2) is 9.09. The number of ether oxygens (including phenoxy) is 1. The van der Waals surface area contributed by atoms with Crippen molar-refractivity contribution in [2.24, 2.45) is 0 Å². The van der Waals surface area contributed by atoms with E-state index < -0.39 is 0 Å². The lowest BCUT2D eigenvalue weighted by atomic mass is 10.1. The van der Waals surface area contributed by atoms with Gasteiger partial charge in [0.1, 0.15) is 5.75 Å². The molecule has 0 saturated carbocycles. The molecule has 3 rings (SSSR count). The minimum Gasteiger partial charge on any atom is -0.484 e. The Hall–Kier alpha value is -3.27. The molecule has 2 N–H and O–H groups in total. The number of hydrogen-bond acceptors (Lipinski definition) is 3. The zero-order chi connectivity index (χ0) is 19.9. The molecule has 0 bridgehead atoms. The van der Waals surface area contributed by atoms with Crippen LogP contribution in [0.25, 0.3) is 0 Å². The van der Waals surface area contributed by atoms with Crippen molar-refractivity contribution >= 4 is 17.3 Å². The van der Waals surface area contributed by atoms with Gasteiger partial charge in [-0.1, -0.05) is 42.0 Å². The number of nitrogens with one attached hydrogen (secondary N) is 2. The molecule has 1 amide bonds. The lowest BCUT2D eigenvalue weighted by Gasteiger charge is -2.12. The van der Waals surface area contributed by atoms with Crippen LogP contribution in [0.5, 0.6) is 5.75 Å². The highest BCUT2D eigenvalue weighted by atomic mass is 16.5. The van der Waals surface area contributed by atoms with Crippen LogP contribution in [-0.4, -0.2) is 12.5 Å². The zero-order valence-corrected chi connectivity index (χ0v) is 16.6. The highest BCUT2D eigenvalue weighted by Crippen LogP contribution is 2.19. The van der Waals surface area contributed by atoms with Crippen LogP contribution in [0.2, 0.25) is 0 Å². The molecule has 0 radical (unpaired) electrons. The fourth-order valence-corrected chi connectivity index (χ4v) is 3.02. The van der Waals surface area contributed by atoms with E-state index in [4.69, 9.17) is 4.74 Å². The number of aryl methyl sites for hydroxylation is 3. The Morgan fingerprint density at radius 3 is 2.46 bits per heavy atom. The Morgan fingerprint density at radius 1 is 0.893 bits per heavy atom. The van der Waals surface area contributed by atoms with E-state index in [9.17, 15) is 4.79 Å². The van der Waals surface area contributed by atoms with Gasteiger partial charge in [-0.3, -0.25) is 4.79 Å². The van der Waals surface area contributed by atoms with Crippen LogP contribution in [0, 0.1) is 20.8 Å². The van der Waals surface area contributed by atoms with Crippen LogP contribution in [-0.2, 0) is 11.3 Å². The molecule has 144 valence electrons. The lowest BCUT2D eigenvalue weighted by Crippen LogP contribution is -2.20. The first-order valence-electron chi connectivity index (χ1n) is 9.39. The van der Waals surface area contributed by atoms with Crippen molar-refractivity contribution in [2.45, 2.75) is 27.3 Å². The quantitative estimate of drug-likeness (QED) is 0.594. The van der Waals surface area contributed by atoms with Crippen LogP contribution in [0.1, 0.15) is 22.3 Å². The minimum absolute atomic E-state index is 0.0259. The first-order chi connectivity index (χ1) is 13.5. The average Bonchev–Trinajstić information content (AvgIpc) is 2.66. The van der Waals surface area contributed by atoms with Crippen LogP contribution >= 0.6 is 0 Å². The number of rotatable bonds is 7. The SMILES string of the molecule is Cc1cccc(NC(=O)COc2cccc(CNc3ccc(C)cc3C)c2)c1. The minimum atomic E-state index is -0.176. The fraction of sp³-hybridized carbons (Fsp3) is 0.208. The second-order valence-electron chi connectivity index (χ2n) is 7.03. The van der Waals surface area contributed by atoms with Gasteiger partial charge in [0.05, 0.1) is 0 Å². The molecule has 0 aliphatic heterocycles. The molecule has 4 nitrogen and oxygen atoms in total. The summed E-state index contributed by atoms with van der Waals surface area (Å²) in [5, 5.41) is 6.30. The van der Waals surface area contributed by atoms with Crippen molar-refractivity contribution in [3.63, 3.8) is 0 Å². The molecule has 0 aliphatic rings. The standard InChI is InChI=1S/C24H26N2O2/c1-17-6-4-8-21(13-17)26-24(27)16-28-22-9-5-7-20(14-22)15-25-23-11-10-18(2)12-19(23)3/h4-14,25H,15-16H2,1-3H3,(H,26,27). The monoisotopic (exact) mass is 374 g/mol. The van der Waals surface area contributed by atoms with Gasteiger partial charge < -0.3 is 15.4 Å². The molecule has 0 unspecified atom stereocenters. The van der Waals surface area contributed by atoms with Crippen molar-refractivity contribution in [2.75, 3.05) is 17.2 Å². The Kier molecular flexibility index (Phi) is 6.33. The van der Waals surface area contributed by atoms with Gasteiger partial charge in [-0.05, 0) is 67.8 Å². The molecule has 0 saturated heterocycles. The second-order valence-corrected chi connectivity index (χ2v) is 7.03. The van der Waals surface area contributed by atoms with Crippen LogP contribution < -0.4 is 15.4 Å². The molecule has 0 aliphatic carbocycles. The third-order valence-corrected chi connectivity index (χ3v) is 4.44. The summed E-state index contributed by atoms with van der Waals surface area (Å²) in [6.45, 7) is 6.84. The van der Waals surface area contributed by atoms with E-state index in [0.29, 0.717) is 12.3 Å². The van der Waals surface area contributed by atoms with Gasteiger partial charge in [0, 0.05) is 17.9 Å². The molecule has 0 fully saturated rings. The van der Waals surface area contributed by atoms with Crippen molar-refractivity contribution < 1.29 is 9.53 Å². The van der Waals surface area contributed by atoms with Crippen molar-refractivity contribution in [3.8, 4) is 5.75 Å². The van der Waals surface area contributed by atoms with Crippen molar-refractivity contribution in [3.05, 3.63) is 89.0 Å². The summed E-state index contributed by atoms with van der Waals surface area (Å²) in [6.07, 6.45) is 0. The molecule has 0 spiro atoms. The molecular weight excluding hydrogens is 348 g/mol. The number of carbonyl (C=O) groups is 1. The van der Waals surface area contributed by atoms with E-state index in [-0.39, 0.29) is 12.5 Å². The van der Waals surface area contributed by atoms with Gasteiger partial charge in [-0.2, -0.15) is 0 Å². The van der Waals surface area contributed by atoms with Crippen molar-refractivity contribution in [1.29, 1.82) is 0 Å². The molecule has 28 heavy (non-hydrogen) atoms. The highest BCUT2D eigenvalue weighted by molar-refractivity contribution is 5.91. The van der Waals surface area contributed by atoms with Crippen LogP contribution in [0.15, 0.2) is 66.7 Å². The fourth-order valence-electron chi connectivity index (χ4n) is 3.02. The first kappa shape index (κ1) is 19.5. The van der Waals surface area contributed by atoms with Gasteiger partial charge in [0.25, 0.3) is 5.91 Å². The Balaban J connectivity index is 1.53. The normalized spacial score (nSPS) is 10.4. The summed E-state index contributed by atoms with van der Waals surface area (Å²) >= 11 is 0. The summed E-state index contributed by atoms with van der Waals surface area (Å²) in [4.78, 5) is 12.1. The highest BCUT2D eigenvalue weighted by Gasteiger charge is 2.05. The summed E-state index contributed by atoms with van der Waals surface area (Å²) in [6, 6.07) is 21.8. The Labute approximate surface area is 166 Å². The Morgan fingerprint density at radius 2 is 1.68 bits per heavy atom. The Bertz CT molecular complexity index is 966. The maximum absolute atomic E-state index is 12.1. The third kappa shape index (κ3) is 5.61. The third-order valence-electron chi connectivity index (χ3n) is 4.44. The number of carbonyl (C=O) groups excluding carboxylic acids is 1. The smallest absolute Gasteiger partial charge is 0.262 e. The topological polar surface area (TPSA) is 50.4 Å². The van der Waals surface area contributed by atoms with Gasteiger partial charge >= 0.3 is 0 Å². The van der Waals surface area contributed by atoms with Gasteiger partial charge in [0.2, 0.25) is 0 Å². The van der Waals surface area contributed by atoms with E-state index >= 15 is 0 Å². The molecular formula is C24H26N2O2. The average molecular weight is 374 g/mol. The molecule has 0 atom stereocenters.